The number of furan rings is 1. The monoisotopic (exact) mass is 456 g/mol. The van der Waals surface area contributed by atoms with E-state index >= 15 is 0 Å². The van der Waals surface area contributed by atoms with Crippen LogP contribution >= 0.6 is 23.2 Å². The van der Waals surface area contributed by atoms with Crippen LogP contribution in [-0.2, 0) is 9.59 Å². The summed E-state index contributed by atoms with van der Waals surface area (Å²) in [5, 5.41) is 10.9. The van der Waals surface area contributed by atoms with Crippen LogP contribution in [0.3, 0.4) is 0 Å². The first-order valence-corrected chi connectivity index (χ1v) is 9.76. The minimum Gasteiger partial charge on any atom is -0.478 e. The molecule has 31 heavy (non-hydrogen) atoms. The molecule has 2 amide bonds. The molecule has 4 rings (SSSR count). The molecule has 2 aromatic carbocycles. The molecule has 2 heterocycles. The first-order chi connectivity index (χ1) is 14.7. The molecule has 0 unspecified atom stereocenters. The molecular weight excluding hydrogens is 443 g/mol. The van der Waals surface area contributed by atoms with E-state index in [1.54, 1.807) is 36.4 Å². The van der Waals surface area contributed by atoms with Crippen molar-refractivity contribution in [2.45, 2.75) is 6.92 Å². The van der Waals surface area contributed by atoms with Gasteiger partial charge in [0.1, 0.15) is 17.1 Å². The maximum Gasteiger partial charge on any atom is 0.337 e. The summed E-state index contributed by atoms with van der Waals surface area (Å²) in [6.07, 6.45) is 1.32. The second-order valence-electron chi connectivity index (χ2n) is 6.77. The highest BCUT2D eigenvalue weighted by Crippen LogP contribution is 2.29. The second kappa shape index (κ2) is 7.94. The van der Waals surface area contributed by atoms with Gasteiger partial charge in [-0.1, -0.05) is 29.3 Å². The standard InChI is InChI=1S/C22H14Cl2N2O5/c1-11-2-4-13(9-18(11)24)26-21(28)16(20(27)25-26)10-14-5-7-19(31-14)12-3-6-17(23)15(8-12)22(29)30/h2-10H,1H3,(H,25,27)(H,29,30)/b16-10-. The predicted molar refractivity (Wildman–Crippen MR) is 116 cm³/mol. The molecule has 0 bridgehead atoms. The quantitative estimate of drug-likeness (QED) is 0.436. The second-order valence-corrected chi connectivity index (χ2v) is 7.59. The van der Waals surface area contributed by atoms with E-state index in [1.807, 2.05) is 6.92 Å². The van der Waals surface area contributed by atoms with Crippen LogP contribution in [0.2, 0.25) is 10.0 Å². The average Bonchev–Trinajstić information content (AvgIpc) is 3.30. The van der Waals surface area contributed by atoms with Crippen LogP contribution in [0.25, 0.3) is 17.4 Å². The number of carbonyl (C=O) groups excluding carboxylic acids is 2. The van der Waals surface area contributed by atoms with Crippen molar-refractivity contribution in [3.8, 4) is 11.3 Å². The first kappa shape index (κ1) is 20.7. The fraction of sp³-hybridized carbons (Fsp3) is 0.0455. The summed E-state index contributed by atoms with van der Waals surface area (Å²) < 4.78 is 5.69. The number of carbonyl (C=O) groups is 3. The Morgan fingerprint density at radius 1 is 1.06 bits per heavy atom. The van der Waals surface area contributed by atoms with Crippen LogP contribution in [0.1, 0.15) is 21.7 Å². The number of amides is 2. The van der Waals surface area contributed by atoms with Gasteiger partial charge in [0.15, 0.2) is 0 Å². The zero-order valence-electron chi connectivity index (χ0n) is 16.0. The number of rotatable bonds is 4. The zero-order chi connectivity index (χ0) is 22.3. The van der Waals surface area contributed by atoms with Gasteiger partial charge in [0.25, 0.3) is 11.8 Å². The van der Waals surface area contributed by atoms with Gasteiger partial charge in [-0.25, -0.2) is 9.80 Å². The van der Waals surface area contributed by atoms with Gasteiger partial charge >= 0.3 is 5.97 Å². The summed E-state index contributed by atoms with van der Waals surface area (Å²) in [5.74, 6) is -1.68. The van der Waals surface area contributed by atoms with Gasteiger partial charge in [0.2, 0.25) is 0 Å². The maximum absolute atomic E-state index is 12.8. The number of anilines is 1. The third-order valence-corrected chi connectivity index (χ3v) is 5.44. The number of carboxylic acids is 1. The van der Waals surface area contributed by atoms with Crippen LogP contribution < -0.4 is 10.4 Å². The molecule has 0 saturated carbocycles. The molecule has 1 fully saturated rings. The predicted octanol–water partition coefficient (Wildman–Crippen LogP) is 4.72. The summed E-state index contributed by atoms with van der Waals surface area (Å²) in [4.78, 5) is 36.4. The smallest absolute Gasteiger partial charge is 0.337 e. The number of hydrazine groups is 1. The third-order valence-electron chi connectivity index (χ3n) is 4.70. The summed E-state index contributed by atoms with van der Waals surface area (Å²) in [6, 6.07) is 12.6. The van der Waals surface area contributed by atoms with Crippen molar-refractivity contribution in [2.24, 2.45) is 0 Å². The number of carboxylic acid groups (broad SMARTS) is 1. The number of benzene rings is 2. The molecule has 1 aromatic heterocycles. The van der Waals surface area contributed by atoms with Crippen molar-refractivity contribution in [1.29, 1.82) is 0 Å². The first-order valence-electron chi connectivity index (χ1n) is 9.01. The number of aryl methyl sites for hydroxylation is 1. The van der Waals surface area contributed by atoms with E-state index in [0.29, 0.717) is 22.0 Å². The molecule has 7 nitrogen and oxygen atoms in total. The normalized spacial score (nSPS) is 14.9. The van der Waals surface area contributed by atoms with Crippen LogP contribution in [0.15, 0.2) is 58.5 Å². The van der Waals surface area contributed by atoms with Crippen molar-refractivity contribution >= 4 is 52.7 Å². The van der Waals surface area contributed by atoms with Crippen LogP contribution in [-0.4, -0.2) is 22.9 Å². The maximum atomic E-state index is 12.8. The fourth-order valence-corrected chi connectivity index (χ4v) is 3.40. The summed E-state index contributed by atoms with van der Waals surface area (Å²) in [5.41, 5.74) is 4.09. The van der Waals surface area contributed by atoms with E-state index < -0.39 is 17.8 Å². The number of nitrogens with one attached hydrogen (secondary N) is 1. The molecular formula is C22H14Cl2N2O5. The van der Waals surface area contributed by atoms with Gasteiger partial charge in [0, 0.05) is 10.6 Å². The molecule has 1 saturated heterocycles. The Morgan fingerprint density at radius 2 is 1.84 bits per heavy atom. The summed E-state index contributed by atoms with van der Waals surface area (Å²) in [6.45, 7) is 1.83. The lowest BCUT2D eigenvalue weighted by molar-refractivity contribution is -0.117. The molecule has 9 heteroatoms. The topological polar surface area (TPSA) is 99.8 Å². The minimum atomic E-state index is -1.16. The van der Waals surface area contributed by atoms with Crippen molar-refractivity contribution in [3.63, 3.8) is 0 Å². The van der Waals surface area contributed by atoms with Gasteiger partial charge in [-0.15, -0.1) is 0 Å². The molecule has 0 atom stereocenters. The van der Waals surface area contributed by atoms with E-state index in [9.17, 15) is 19.5 Å². The van der Waals surface area contributed by atoms with Gasteiger partial charge in [-0.3, -0.25) is 15.0 Å². The Labute approximate surface area is 186 Å². The minimum absolute atomic E-state index is 0.0618. The summed E-state index contributed by atoms with van der Waals surface area (Å²) in [7, 11) is 0. The summed E-state index contributed by atoms with van der Waals surface area (Å²) >= 11 is 12.0. The third kappa shape index (κ3) is 3.93. The van der Waals surface area contributed by atoms with Crippen LogP contribution in [0.5, 0.6) is 0 Å². The lowest BCUT2D eigenvalue weighted by atomic mass is 10.1. The Balaban J connectivity index is 1.62. The Morgan fingerprint density at radius 3 is 2.55 bits per heavy atom. The van der Waals surface area contributed by atoms with E-state index in [1.165, 1.54) is 18.2 Å². The van der Waals surface area contributed by atoms with Crippen molar-refractivity contribution in [3.05, 3.63) is 81.0 Å². The Kier molecular flexibility index (Phi) is 5.31. The molecule has 0 spiro atoms. The van der Waals surface area contributed by atoms with Crippen molar-refractivity contribution in [2.75, 3.05) is 5.01 Å². The molecule has 156 valence electrons. The van der Waals surface area contributed by atoms with E-state index in [-0.39, 0.29) is 21.9 Å². The van der Waals surface area contributed by atoms with E-state index in [4.69, 9.17) is 27.6 Å². The van der Waals surface area contributed by atoms with Gasteiger partial charge in [-0.2, -0.15) is 0 Å². The van der Waals surface area contributed by atoms with Crippen LogP contribution in [0.4, 0.5) is 5.69 Å². The zero-order valence-corrected chi connectivity index (χ0v) is 17.5. The van der Waals surface area contributed by atoms with Crippen LogP contribution in [0, 0.1) is 6.92 Å². The number of aromatic carboxylic acids is 1. The molecule has 2 N–H and O–H groups in total. The largest absolute Gasteiger partial charge is 0.478 e. The van der Waals surface area contributed by atoms with E-state index in [0.717, 1.165) is 10.6 Å². The lowest BCUT2D eigenvalue weighted by Crippen LogP contribution is -2.35. The molecule has 1 aliphatic rings. The molecule has 1 aliphatic heterocycles. The van der Waals surface area contributed by atoms with Crippen molar-refractivity contribution in [1.82, 2.24) is 5.43 Å². The highest BCUT2D eigenvalue weighted by Gasteiger charge is 2.35. The molecule has 3 aromatic rings. The highest BCUT2D eigenvalue weighted by molar-refractivity contribution is 6.34. The number of nitrogens with zero attached hydrogens (tertiary/aromatic N) is 1. The van der Waals surface area contributed by atoms with Gasteiger partial charge < -0.3 is 9.52 Å². The fourth-order valence-electron chi connectivity index (χ4n) is 3.03. The van der Waals surface area contributed by atoms with Crippen molar-refractivity contribution < 1.29 is 23.9 Å². The van der Waals surface area contributed by atoms with Gasteiger partial charge in [0.05, 0.1) is 16.3 Å². The molecule has 0 radical (unpaired) electrons. The van der Waals surface area contributed by atoms with E-state index in [2.05, 4.69) is 5.43 Å². The SMILES string of the molecule is Cc1ccc(N2NC(=O)/C(=C/c3ccc(-c4ccc(Cl)c(C(=O)O)c4)o3)C2=O)cc1Cl. The Bertz CT molecular complexity index is 1280. The number of halogens is 2. The number of hydrogen-bond donors (Lipinski definition) is 2. The molecule has 0 aliphatic carbocycles. The highest BCUT2D eigenvalue weighted by atomic mass is 35.5. The van der Waals surface area contributed by atoms with Gasteiger partial charge in [-0.05, 0) is 61.0 Å². The number of hydrogen-bond acceptors (Lipinski definition) is 4. The lowest BCUT2D eigenvalue weighted by Gasteiger charge is -2.15. The Hall–Kier alpha value is -3.55. The average molecular weight is 457 g/mol.